The first-order valence-electron chi connectivity index (χ1n) is 10.1. The highest BCUT2D eigenvalue weighted by Crippen LogP contribution is 2.16. The largest absolute Gasteiger partial charge is 0.482 e. The molecule has 1 amide bonds. The van der Waals surface area contributed by atoms with Gasteiger partial charge in [-0.05, 0) is 59.2 Å². The lowest BCUT2D eigenvalue weighted by Crippen LogP contribution is -2.49. The summed E-state index contributed by atoms with van der Waals surface area (Å²) in [7, 11) is 0. The summed E-state index contributed by atoms with van der Waals surface area (Å²) in [5.74, 6) is 0.249. The second-order valence-corrected chi connectivity index (χ2v) is 9.26. The molecule has 0 N–H and O–H groups in total. The quantitative estimate of drug-likeness (QED) is 0.698. The third-order valence-electron chi connectivity index (χ3n) is 4.13. The highest BCUT2D eigenvalue weighted by atomic mass is 16.6. The lowest BCUT2D eigenvalue weighted by molar-refractivity contribution is -0.157. The van der Waals surface area contributed by atoms with E-state index < -0.39 is 11.2 Å². The molecule has 0 spiro atoms. The minimum absolute atomic E-state index is 0.108. The first-order valence-corrected chi connectivity index (χ1v) is 10.1. The molecule has 0 bridgehead atoms. The minimum Gasteiger partial charge on any atom is -0.482 e. The van der Waals surface area contributed by atoms with Gasteiger partial charge in [-0.15, -0.1) is 0 Å². The second-order valence-electron chi connectivity index (χ2n) is 9.26. The van der Waals surface area contributed by atoms with Crippen LogP contribution in [-0.2, 0) is 20.8 Å². The Balaban J connectivity index is 1.75. The van der Waals surface area contributed by atoms with Crippen LogP contribution in [0.1, 0.15) is 47.1 Å². The van der Waals surface area contributed by atoms with Crippen LogP contribution >= 0.6 is 0 Å². The van der Waals surface area contributed by atoms with Crippen molar-refractivity contribution in [1.29, 1.82) is 0 Å². The van der Waals surface area contributed by atoms with Gasteiger partial charge < -0.3 is 19.1 Å². The van der Waals surface area contributed by atoms with E-state index in [0.717, 1.165) is 25.2 Å². The van der Waals surface area contributed by atoms with Gasteiger partial charge in [-0.1, -0.05) is 12.1 Å². The van der Waals surface area contributed by atoms with Crippen molar-refractivity contribution in [2.45, 2.75) is 59.3 Å². The standard InChI is InChI=1S/C22H34N2O5/c1-21(2,3)28-19(25)16-27-18-9-7-17(8-10-18)15-23-11-13-24(14-12-23)20(26)29-22(4,5)6/h7-10H,11-16H2,1-6H3. The molecule has 2 rings (SSSR count). The predicted molar refractivity (Wildman–Crippen MR) is 111 cm³/mol. The Morgan fingerprint density at radius 1 is 0.862 bits per heavy atom. The van der Waals surface area contributed by atoms with E-state index in [9.17, 15) is 9.59 Å². The molecular formula is C22H34N2O5. The van der Waals surface area contributed by atoms with Crippen LogP contribution in [0.2, 0.25) is 0 Å². The number of ether oxygens (including phenoxy) is 3. The lowest BCUT2D eigenvalue weighted by atomic mass is 10.2. The zero-order chi connectivity index (χ0) is 21.7. The number of esters is 1. The summed E-state index contributed by atoms with van der Waals surface area (Å²) in [5.41, 5.74) is 0.166. The summed E-state index contributed by atoms with van der Waals surface area (Å²) in [6.07, 6.45) is -0.247. The number of benzene rings is 1. The maximum Gasteiger partial charge on any atom is 0.410 e. The number of carbonyl (C=O) groups excluding carboxylic acids is 2. The molecule has 0 radical (unpaired) electrons. The molecule has 1 fully saturated rings. The topological polar surface area (TPSA) is 68.3 Å². The minimum atomic E-state index is -0.516. The van der Waals surface area contributed by atoms with E-state index in [0.29, 0.717) is 18.8 Å². The van der Waals surface area contributed by atoms with Crippen LogP contribution < -0.4 is 4.74 Å². The van der Waals surface area contributed by atoms with Crippen molar-refractivity contribution in [2.24, 2.45) is 0 Å². The summed E-state index contributed by atoms with van der Waals surface area (Å²) < 4.78 is 16.2. The van der Waals surface area contributed by atoms with Crippen molar-refractivity contribution < 1.29 is 23.8 Å². The number of hydrogen-bond acceptors (Lipinski definition) is 6. The summed E-state index contributed by atoms with van der Waals surface area (Å²) in [5, 5.41) is 0. The van der Waals surface area contributed by atoms with Gasteiger partial charge in [0.05, 0.1) is 0 Å². The first kappa shape index (κ1) is 23.0. The van der Waals surface area contributed by atoms with Crippen LogP contribution in [0.5, 0.6) is 5.75 Å². The fraction of sp³-hybridized carbons (Fsp3) is 0.636. The number of amides is 1. The maximum atomic E-state index is 12.1. The third-order valence-corrected chi connectivity index (χ3v) is 4.13. The fourth-order valence-corrected chi connectivity index (χ4v) is 2.88. The molecule has 0 aromatic heterocycles. The molecule has 0 atom stereocenters. The molecule has 7 nitrogen and oxygen atoms in total. The third kappa shape index (κ3) is 8.73. The number of nitrogens with zero attached hydrogens (tertiary/aromatic N) is 2. The molecule has 1 aromatic rings. The van der Waals surface area contributed by atoms with E-state index in [1.165, 1.54) is 0 Å². The van der Waals surface area contributed by atoms with Gasteiger partial charge in [0.2, 0.25) is 0 Å². The molecule has 29 heavy (non-hydrogen) atoms. The molecule has 1 saturated heterocycles. The van der Waals surface area contributed by atoms with Crippen LogP contribution in [0.25, 0.3) is 0 Å². The smallest absolute Gasteiger partial charge is 0.410 e. The van der Waals surface area contributed by atoms with Gasteiger partial charge in [0.25, 0.3) is 0 Å². The van der Waals surface area contributed by atoms with Crippen molar-refractivity contribution >= 4 is 12.1 Å². The van der Waals surface area contributed by atoms with Crippen LogP contribution in [0.3, 0.4) is 0 Å². The number of carbonyl (C=O) groups is 2. The highest BCUT2D eigenvalue weighted by Gasteiger charge is 2.25. The van der Waals surface area contributed by atoms with E-state index in [1.54, 1.807) is 4.90 Å². The number of rotatable bonds is 5. The van der Waals surface area contributed by atoms with Crippen molar-refractivity contribution in [3.05, 3.63) is 29.8 Å². The van der Waals surface area contributed by atoms with Crippen molar-refractivity contribution in [3.8, 4) is 5.75 Å². The summed E-state index contributed by atoms with van der Waals surface area (Å²) in [6, 6.07) is 7.70. The molecule has 162 valence electrons. The van der Waals surface area contributed by atoms with Gasteiger partial charge in [-0.2, -0.15) is 0 Å². The molecule has 1 aliphatic rings. The Hall–Kier alpha value is -2.28. The normalized spacial score (nSPS) is 15.7. The van der Waals surface area contributed by atoms with Crippen LogP contribution in [0.15, 0.2) is 24.3 Å². The zero-order valence-corrected chi connectivity index (χ0v) is 18.5. The molecular weight excluding hydrogens is 372 g/mol. The molecule has 0 unspecified atom stereocenters. The van der Waals surface area contributed by atoms with Crippen molar-refractivity contribution in [3.63, 3.8) is 0 Å². The zero-order valence-electron chi connectivity index (χ0n) is 18.5. The predicted octanol–water partition coefficient (Wildman–Crippen LogP) is 3.46. The van der Waals surface area contributed by atoms with Crippen molar-refractivity contribution in [2.75, 3.05) is 32.8 Å². The maximum absolute atomic E-state index is 12.1. The van der Waals surface area contributed by atoms with E-state index in [2.05, 4.69) is 4.90 Å². The lowest BCUT2D eigenvalue weighted by Gasteiger charge is -2.35. The van der Waals surface area contributed by atoms with Crippen LogP contribution in [0.4, 0.5) is 4.79 Å². The average Bonchev–Trinajstić information content (AvgIpc) is 2.59. The van der Waals surface area contributed by atoms with Gasteiger partial charge in [0.15, 0.2) is 6.61 Å². The molecule has 1 aromatic carbocycles. The number of hydrogen-bond donors (Lipinski definition) is 0. The van der Waals surface area contributed by atoms with E-state index in [4.69, 9.17) is 14.2 Å². The van der Waals surface area contributed by atoms with Crippen molar-refractivity contribution in [1.82, 2.24) is 9.80 Å². The fourth-order valence-electron chi connectivity index (χ4n) is 2.88. The summed E-state index contributed by atoms with van der Waals surface area (Å²) in [6.45, 7) is 14.7. The molecule has 1 heterocycles. The first-order chi connectivity index (χ1) is 13.4. The van der Waals surface area contributed by atoms with E-state index in [-0.39, 0.29) is 18.7 Å². The van der Waals surface area contributed by atoms with Gasteiger partial charge in [0, 0.05) is 32.7 Å². The van der Waals surface area contributed by atoms with Crippen LogP contribution in [0, 0.1) is 0 Å². The second kappa shape index (κ2) is 9.48. The highest BCUT2D eigenvalue weighted by molar-refractivity contribution is 5.71. The van der Waals surface area contributed by atoms with E-state index in [1.807, 2.05) is 65.8 Å². The summed E-state index contributed by atoms with van der Waals surface area (Å²) >= 11 is 0. The monoisotopic (exact) mass is 406 g/mol. The van der Waals surface area contributed by atoms with Gasteiger partial charge in [-0.25, -0.2) is 9.59 Å². The average molecular weight is 407 g/mol. The Bertz CT molecular complexity index is 681. The van der Waals surface area contributed by atoms with E-state index >= 15 is 0 Å². The Kier molecular flexibility index (Phi) is 7.52. The Morgan fingerprint density at radius 3 is 1.93 bits per heavy atom. The number of piperazine rings is 1. The molecule has 0 saturated carbocycles. The van der Waals surface area contributed by atoms with Gasteiger partial charge >= 0.3 is 12.1 Å². The Labute approximate surface area is 173 Å². The Morgan fingerprint density at radius 2 is 1.41 bits per heavy atom. The molecule has 0 aliphatic carbocycles. The molecule has 1 aliphatic heterocycles. The van der Waals surface area contributed by atoms with Gasteiger partial charge in [-0.3, -0.25) is 4.90 Å². The summed E-state index contributed by atoms with van der Waals surface area (Å²) in [4.78, 5) is 27.9. The van der Waals surface area contributed by atoms with Gasteiger partial charge in [0.1, 0.15) is 17.0 Å². The SMILES string of the molecule is CC(C)(C)OC(=O)COc1ccc(CN2CCN(C(=O)OC(C)(C)C)CC2)cc1. The van der Waals surface area contributed by atoms with Crippen LogP contribution in [-0.4, -0.2) is 65.9 Å². The molecule has 7 heteroatoms.